The summed E-state index contributed by atoms with van der Waals surface area (Å²) in [5.74, 6) is 1.34. The number of hydrogen-bond donors (Lipinski definition) is 0. The second kappa shape index (κ2) is 5.78. The number of ether oxygens (including phenoxy) is 1. The average Bonchev–Trinajstić information content (AvgIpc) is 3.14. The van der Waals surface area contributed by atoms with Crippen LogP contribution in [0.4, 0.5) is 0 Å². The second-order valence-electron chi connectivity index (χ2n) is 5.06. The Morgan fingerprint density at radius 2 is 2.18 bits per heavy atom. The topological polar surface area (TPSA) is 66.0 Å². The first-order chi connectivity index (χ1) is 10.7. The Labute approximate surface area is 145 Å². The molecule has 22 heavy (non-hydrogen) atoms. The lowest BCUT2D eigenvalue weighted by Crippen LogP contribution is -2.19. The van der Waals surface area contributed by atoms with Gasteiger partial charge in [-0.05, 0) is 31.4 Å². The van der Waals surface area contributed by atoms with E-state index in [0.717, 1.165) is 25.9 Å². The second-order valence-corrected chi connectivity index (χ2v) is 6.38. The lowest BCUT2D eigenvalue weighted by Gasteiger charge is -2.25. The third kappa shape index (κ3) is 2.40. The Kier molecular flexibility index (Phi) is 3.79. The molecule has 1 saturated heterocycles. The van der Waals surface area contributed by atoms with Crippen LogP contribution >= 0.6 is 34.2 Å². The molecule has 0 N–H and O–H groups in total. The van der Waals surface area contributed by atoms with Crippen molar-refractivity contribution in [1.29, 1.82) is 0 Å². The molecule has 0 bridgehead atoms. The zero-order valence-electron chi connectivity index (χ0n) is 11.5. The van der Waals surface area contributed by atoms with Gasteiger partial charge in [-0.1, -0.05) is 11.6 Å². The van der Waals surface area contributed by atoms with Gasteiger partial charge >= 0.3 is 0 Å². The van der Waals surface area contributed by atoms with Crippen molar-refractivity contribution in [1.82, 2.24) is 19.5 Å². The van der Waals surface area contributed by atoms with Crippen molar-refractivity contribution in [2.75, 3.05) is 6.61 Å². The van der Waals surface area contributed by atoms with E-state index in [1.807, 2.05) is 16.7 Å². The van der Waals surface area contributed by atoms with Crippen molar-refractivity contribution in [3.8, 4) is 11.6 Å². The minimum atomic E-state index is -0.111. The predicted molar refractivity (Wildman–Crippen MR) is 89.6 cm³/mol. The highest BCUT2D eigenvalue weighted by Gasteiger charge is 2.26. The molecular formula is C14H12ClIN4O2. The molecule has 1 aliphatic heterocycles. The molecule has 1 unspecified atom stereocenters. The lowest BCUT2D eigenvalue weighted by molar-refractivity contribution is -0.0289. The van der Waals surface area contributed by atoms with E-state index in [1.165, 1.54) is 0 Å². The smallest absolute Gasteiger partial charge is 0.194 e. The molecule has 0 spiro atoms. The van der Waals surface area contributed by atoms with Crippen LogP contribution in [0, 0.1) is 3.83 Å². The van der Waals surface area contributed by atoms with E-state index in [0.29, 0.717) is 31.7 Å². The molecule has 1 aliphatic rings. The van der Waals surface area contributed by atoms with Gasteiger partial charge in [0.1, 0.15) is 11.7 Å². The van der Waals surface area contributed by atoms with Crippen molar-refractivity contribution < 1.29 is 9.15 Å². The van der Waals surface area contributed by atoms with Crippen molar-refractivity contribution in [2.24, 2.45) is 0 Å². The van der Waals surface area contributed by atoms with Crippen molar-refractivity contribution in [3.05, 3.63) is 27.4 Å². The molecular weight excluding hydrogens is 419 g/mol. The monoisotopic (exact) mass is 430 g/mol. The molecule has 4 heterocycles. The van der Waals surface area contributed by atoms with Gasteiger partial charge in [-0.2, -0.15) is 0 Å². The van der Waals surface area contributed by atoms with Crippen LogP contribution < -0.4 is 0 Å². The van der Waals surface area contributed by atoms with Crippen molar-refractivity contribution >= 4 is 45.4 Å². The Morgan fingerprint density at radius 1 is 1.27 bits per heavy atom. The van der Waals surface area contributed by atoms with Gasteiger partial charge in [-0.25, -0.2) is 15.0 Å². The number of fused-ring (bicyclic) bond motifs is 1. The summed E-state index contributed by atoms with van der Waals surface area (Å²) in [6, 6.07) is 3.70. The summed E-state index contributed by atoms with van der Waals surface area (Å²) in [7, 11) is 0. The summed E-state index contributed by atoms with van der Waals surface area (Å²) in [5.41, 5.74) is 1.25. The summed E-state index contributed by atoms with van der Waals surface area (Å²) in [4.78, 5) is 13.3. The van der Waals surface area contributed by atoms with Crippen molar-refractivity contribution in [3.63, 3.8) is 0 Å². The standard InChI is InChI=1S/C14H12ClIN4O2/c15-11-10-13(19-14(16)18-11)20(9-5-1-2-6-22-9)12(17-10)8-4-3-7-21-8/h3-4,7,9H,1-2,5-6H2. The fraction of sp³-hybridized carbons (Fsp3) is 0.357. The maximum Gasteiger partial charge on any atom is 0.194 e. The van der Waals surface area contributed by atoms with Crippen LogP contribution in [0.5, 0.6) is 0 Å². The first-order valence-corrected chi connectivity index (χ1v) is 8.46. The first-order valence-electron chi connectivity index (χ1n) is 7.00. The van der Waals surface area contributed by atoms with Gasteiger partial charge in [-0.15, -0.1) is 0 Å². The minimum absolute atomic E-state index is 0.111. The minimum Gasteiger partial charge on any atom is -0.461 e. The average molecular weight is 431 g/mol. The van der Waals surface area contributed by atoms with Crippen molar-refractivity contribution in [2.45, 2.75) is 25.5 Å². The number of hydrogen-bond acceptors (Lipinski definition) is 5. The summed E-state index contributed by atoms with van der Waals surface area (Å²) in [6.07, 6.45) is 4.61. The van der Waals surface area contributed by atoms with Crippen LogP contribution in [-0.4, -0.2) is 26.1 Å². The highest BCUT2D eigenvalue weighted by Crippen LogP contribution is 2.34. The maximum atomic E-state index is 6.24. The fourth-order valence-electron chi connectivity index (χ4n) is 2.70. The van der Waals surface area contributed by atoms with Gasteiger partial charge in [-0.3, -0.25) is 4.57 Å². The molecule has 0 radical (unpaired) electrons. The first kappa shape index (κ1) is 14.4. The van der Waals surface area contributed by atoms with E-state index in [2.05, 4.69) is 37.5 Å². The Hall–Kier alpha value is -1.19. The van der Waals surface area contributed by atoms with Crippen LogP contribution in [0.2, 0.25) is 5.15 Å². The van der Waals surface area contributed by atoms with Gasteiger partial charge in [0.25, 0.3) is 0 Å². The molecule has 3 aromatic heterocycles. The van der Waals surface area contributed by atoms with Gasteiger partial charge in [0.15, 0.2) is 26.2 Å². The Morgan fingerprint density at radius 3 is 2.91 bits per heavy atom. The zero-order chi connectivity index (χ0) is 15.1. The highest BCUT2D eigenvalue weighted by molar-refractivity contribution is 14.1. The van der Waals surface area contributed by atoms with E-state index in [9.17, 15) is 0 Å². The summed E-state index contributed by atoms with van der Waals surface area (Å²) < 4.78 is 14.0. The maximum absolute atomic E-state index is 6.24. The summed E-state index contributed by atoms with van der Waals surface area (Å²) >= 11 is 8.30. The molecule has 8 heteroatoms. The van der Waals surface area contributed by atoms with Crippen LogP contribution in [0.1, 0.15) is 25.5 Å². The lowest BCUT2D eigenvalue weighted by atomic mass is 10.2. The van der Waals surface area contributed by atoms with E-state index in [1.54, 1.807) is 6.26 Å². The summed E-state index contributed by atoms with van der Waals surface area (Å²) in [6.45, 7) is 0.734. The highest BCUT2D eigenvalue weighted by atomic mass is 127. The molecule has 0 aliphatic carbocycles. The van der Waals surface area contributed by atoms with E-state index in [4.69, 9.17) is 20.8 Å². The number of halogens is 2. The number of aromatic nitrogens is 4. The number of furan rings is 1. The van der Waals surface area contributed by atoms with Gasteiger partial charge in [0.2, 0.25) is 0 Å². The molecule has 1 fully saturated rings. The van der Waals surface area contributed by atoms with Crippen LogP contribution in [-0.2, 0) is 4.74 Å². The van der Waals surface area contributed by atoms with Crippen LogP contribution in [0.15, 0.2) is 22.8 Å². The number of rotatable bonds is 2. The molecule has 0 aromatic carbocycles. The Bertz CT molecular complexity index is 812. The van der Waals surface area contributed by atoms with Gasteiger partial charge < -0.3 is 9.15 Å². The molecule has 114 valence electrons. The number of nitrogens with zero attached hydrogens (tertiary/aromatic N) is 4. The fourth-order valence-corrected chi connectivity index (χ4v) is 3.51. The third-order valence-electron chi connectivity index (χ3n) is 3.66. The van der Waals surface area contributed by atoms with Gasteiger partial charge in [0, 0.05) is 29.2 Å². The third-order valence-corrected chi connectivity index (χ3v) is 4.40. The van der Waals surface area contributed by atoms with E-state index >= 15 is 0 Å². The van der Waals surface area contributed by atoms with E-state index < -0.39 is 0 Å². The number of imidazole rings is 1. The Balaban J connectivity index is 1.98. The molecule has 3 aromatic rings. The van der Waals surface area contributed by atoms with E-state index in [-0.39, 0.29) is 6.23 Å². The molecule has 0 saturated carbocycles. The largest absolute Gasteiger partial charge is 0.461 e. The molecule has 1 atom stereocenters. The SMILES string of the molecule is Clc1nc(I)nc2c1nc(-c1ccco1)n2C1CCCCO1. The zero-order valence-corrected chi connectivity index (χ0v) is 14.4. The quantitative estimate of drug-likeness (QED) is 0.349. The molecule has 0 amide bonds. The molecule has 4 rings (SSSR count). The van der Waals surface area contributed by atoms with Gasteiger partial charge in [0.05, 0.1) is 6.26 Å². The van der Waals surface area contributed by atoms with Crippen LogP contribution in [0.25, 0.3) is 22.7 Å². The normalized spacial score (nSPS) is 18.9. The van der Waals surface area contributed by atoms with Crippen LogP contribution in [0.3, 0.4) is 0 Å². The summed E-state index contributed by atoms with van der Waals surface area (Å²) in [5, 5.41) is 0.344. The molecule has 6 nitrogen and oxygen atoms in total. The predicted octanol–water partition coefficient (Wildman–Crippen LogP) is 4.04.